The highest BCUT2D eigenvalue weighted by molar-refractivity contribution is 5.75. The van der Waals surface area contributed by atoms with Crippen molar-refractivity contribution < 1.29 is 9.90 Å². The fourth-order valence-corrected chi connectivity index (χ4v) is 2.84. The molecule has 0 radical (unpaired) electrons. The molecule has 0 bridgehead atoms. The molecule has 1 aromatic rings. The number of aliphatic carboxylic acids is 1. The molecule has 1 saturated heterocycles. The third-order valence-electron chi connectivity index (χ3n) is 4.31. The summed E-state index contributed by atoms with van der Waals surface area (Å²) in [6.45, 7) is 5.70. The molecule has 2 rings (SSSR count). The van der Waals surface area contributed by atoms with Gasteiger partial charge in [0.1, 0.15) is 0 Å². The van der Waals surface area contributed by atoms with Gasteiger partial charge in [-0.1, -0.05) is 32.0 Å². The first-order valence-electron chi connectivity index (χ1n) is 6.59. The van der Waals surface area contributed by atoms with Gasteiger partial charge in [0.05, 0.1) is 5.41 Å². The van der Waals surface area contributed by atoms with Gasteiger partial charge in [-0.05, 0) is 30.9 Å². The Hall–Kier alpha value is -1.51. The molecule has 1 aliphatic heterocycles. The molecule has 0 aliphatic carbocycles. The van der Waals surface area contributed by atoms with E-state index in [4.69, 9.17) is 0 Å². The summed E-state index contributed by atoms with van der Waals surface area (Å²) in [6, 6.07) is 10.2. The van der Waals surface area contributed by atoms with Crippen molar-refractivity contribution in [2.75, 3.05) is 18.0 Å². The number of carboxylic acids is 1. The average molecular weight is 247 g/mol. The highest BCUT2D eigenvalue weighted by Gasteiger charge is 2.44. The molecular formula is C15H21NO2. The van der Waals surface area contributed by atoms with Crippen LogP contribution in [0.3, 0.4) is 0 Å². The minimum Gasteiger partial charge on any atom is -0.481 e. The normalized spacial score (nSPS) is 18.9. The maximum Gasteiger partial charge on any atom is 0.310 e. The summed E-state index contributed by atoms with van der Waals surface area (Å²) in [5.74, 6) is -0.446. The van der Waals surface area contributed by atoms with Crippen LogP contribution < -0.4 is 4.90 Å². The number of benzene rings is 1. The van der Waals surface area contributed by atoms with Crippen LogP contribution in [-0.4, -0.2) is 24.2 Å². The van der Waals surface area contributed by atoms with E-state index in [-0.39, 0.29) is 5.92 Å². The highest BCUT2D eigenvalue weighted by atomic mass is 16.4. The van der Waals surface area contributed by atoms with Gasteiger partial charge in [0.15, 0.2) is 0 Å². The summed E-state index contributed by atoms with van der Waals surface area (Å²) in [5, 5.41) is 9.50. The Bertz CT molecular complexity index is 406. The van der Waals surface area contributed by atoms with Crippen LogP contribution in [0.5, 0.6) is 0 Å². The van der Waals surface area contributed by atoms with Crippen LogP contribution in [0.25, 0.3) is 0 Å². The van der Waals surface area contributed by atoms with E-state index in [9.17, 15) is 9.90 Å². The van der Waals surface area contributed by atoms with Gasteiger partial charge in [0, 0.05) is 18.8 Å². The first-order valence-corrected chi connectivity index (χ1v) is 6.59. The zero-order valence-corrected chi connectivity index (χ0v) is 11.1. The van der Waals surface area contributed by atoms with Gasteiger partial charge in [-0.3, -0.25) is 4.79 Å². The Morgan fingerprint density at radius 2 is 1.78 bits per heavy atom. The van der Waals surface area contributed by atoms with E-state index in [1.165, 1.54) is 5.69 Å². The molecule has 0 atom stereocenters. The second-order valence-electron chi connectivity index (χ2n) is 5.44. The second kappa shape index (κ2) is 5.01. The third-order valence-corrected chi connectivity index (χ3v) is 4.31. The summed E-state index contributed by atoms with van der Waals surface area (Å²) < 4.78 is 0. The van der Waals surface area contributed by atoms with Crippen LogP contribution in [0.1, 0.15) is 26.7 Å². The van der Waals surface area contributed by atoms with Crippen LogP contribution in [0.4, 0.5) is 5.69 Å². The van der Waals surface area contributed by atoms with Crippen molar-refractivity contribution in [1.82, 2.24) is 0 Å². The molecule has 0 spiro atoms. The quantitative estimate of drug-likeness (QED) is 0.892. The fraction of sp³-hybridized carbons (Fsp3) is 0.533. The predicted molar refractivity (Wildman–Crippen MR) is 72.8 cm³/mol. The van der Waals surface area contributed by atoms with Gasteiger partial charge in [-0.25, -0.2) is 0 Å². The molecule has 0 aromatic heterocycles. The second-order valence-corrected chi connectivity index (χ2v) is 5.44. The zero-order valence-electron chi connectivity index (χ0n) is 11.1. The minimum atomic E-state index is -0.634. The Morgan fingerprint density at radius 3 is 2.22 bits per heavy atom. The summed E-state index contributed by atoms with van der Waals surface area (Å²) in [6.07, 6.45) is 1.46. The molecule has 1 N–H and O–H groups in total. The van der Waals surface area contributed by atoms with Crippen molar-refractivity contribution in [1.29, 1.82) is 0 Å². The largest absolute Gasteiger partial charge is 0.481 e. The van der Waals surface area contributed by atoms with Crippen LogP contribution >= 0.6 is 0 Å². The lowest BCUT2D eigenvalue weighted by atomic mass is 9.70. The standard InChI is InChI=1S/C15H21NO2/c1-12(2)15(14(17)18)8-10-16(11-9-15)13-6-4-3-5-7-13/h3-7,12H,8-11H2,1-2H3,(H,17,18). The van der Waals surface area contributed by atoms with E-state index in [1.807, 2.05) is 32.0 Å². The predicted octanol–water partition coefficient (Wildman–Crippen LogP) is 3.01. The number of piperidine rings is 1. The lowest BCUT2D eigenvalue weighted by molar-refractivity contribution is -0.153. The van der Waals surface area contributed by atoms with Crippen molar-refractivity contribution in [3.63, 3.8) is 0 Å². The maximum absolute atomic E-state index is 11.5. The van der Waals surface area contributed by atoms with E-state index in [1.54, 1.807) is 0 Å². The number of nitrogens with zero attached hydrogens (tertiary/aromatic N) is 1. The van der Waals surface area contributed by atoms with E-state index < -0.39 is 11.4 Å². The van der Waals surface area contributed by atoms with Crippen LogP contribution in [0.2, 0.25) is 0 Å². The van der Waals surface area contributed by atoms with E-state index in [0.29, 0.717) is 0 Å². The SMILES string of the molecule is CC(C)C1(C(=O)O)CCN(c2ccccc2)CC1. The molecule has 1 fully saturated rings. The number of carbonyl (C=O) groups is 1. The average Bonchev–Trinajstić information content (AvgIpc) is 2.39. The Morgan fingerprint density at radius 1 is 1.22 bits per heavy atom. The Balaban J connectivity index is 2.10. The number of hydrogen-bond acceptors (Lipinski definition) is 2. The molecule has 0 unspecified atom stereocenters. The van der Waals surface area contributed by atoms with Gasteiger partial charge in [-0.15, -0.1) is 0 Å². The summed E-state index contributed by atoms with van der Waals surface area (Å²) >= 11 is 0. The number of anilines is 1. The maximum atomic E-state index is 11.5. The van der Waals surface area contributed by atoms with Gasteiger partial charge in [0.2, 0.25) is 0 Å². The Labute approximate surface area is 108 Å². The summed E-state index contributed by atoms with van der Waals surface area (Å²) in [4.78, 5) is 13.8. The molecule has 1 aromatic carbocycles. The molecule has 3 nitrogen and oxygen atoms in total. The van der Waals surface area contributed by atoms with Crippen molar-refractivity contribution >= 4 is 11.7 Å². The topological polar surface area (TPSA) is 40.5 Å². The van der Waals surface area contributed by atoms with Gasteiger partial charge >= 0.3 is 5.97 Å². The van der Waals surface area contributed by atoms with Crippen LogP contribution in [-0.2, 0) is 4.79 Å². The van der Waals surface area contributed by atoms with Crippen molar-refractivity contribution in [3.8, 4) is 0 Å². The molecule has 0 amide bonds. The monoisotopic (exact) mass is 247 g/mol. The smallest absolute Gasteiger partial charge is 0.310 e. The Kier molecular flexibility index (Phi) is 3.60. The van der Waals surface area contributed by atoms with Crippen molar-refractivity contribution in [3.05, 3.63) is 30.3 Å². The van der Waals surface area contributed by atoms with Crippen LogP contribution in [0.15, 0.2) is 30.3 Å². The van der Waals surface area contributed by atoms with E-state index >= 15 is 0 Å². The van der Waals surface area contributed by atoms with Crippen molar-refractivity contribution in [2.24, 2.45) is 11.3 Å². The first-order chi connectivity index (χ1) is 8.56. The van der Waals surface area contributed by atoms with Gasteiger partial charge < -0.3 is 10.0 Å². The number of rotatable bonds is 3. The lowest BCUT2D eigenvalue weighted by Gasteiger charge is -2.42. The molecule has 98 valence electrons. The summed E-state index contributed by atoms with van der Waals surface area (Å²) in [7, 11) is 0. The molecule has 3 heteroatoms. The molecule has 1 aliphatic rings. The molecule has 18 heavy (non-hydrogen) atoms. The van der Waals surface area contributed by atoms with Gasteiger partial charge in [0.25, 0.3) is 0 Å². The minimum absolute atomic E-state index is 0.188. The number of para-hydroxylation sites is 1. The van der Waals surface area contributed by atoms with Crippen LogP contribution in [0, 0.1) is 11.3 Å². The third kappa shape index (κ3) is 2.22. The molecule has 1 heterocycles. The zero-order chi connectivity index (χ0) is 13.2. The molecule has 0 saturated carbocycles. The van der Waals surface area contributed by atoms with E-state index in [2.05, 4.69) is 17.0 Å². The number of hydrogen-bond donors (Lipinski definition) is 1. The van der Waals surface area contributed by atoms with E-state index in [0.717, 1.165) is 25.9 Å². The first kappa shape index (κ1) is 12.9. The molecular weight excluding hydrogens is 226 g/mol. The summed E-state index contributed by atoms with van der Waals surface area (Å²) in [5.41, 5.74) is 0.658. The highest BCUT2D eigenvalue weighted by Crippen LogP contribution is 2.40. The van der Waals surface area contributed by atoms with Gasteiger partial charge in [-0.2, -0.15) is 0 Å². The fourth-order valence-electron chi connectivity index (χ4n) is 2.84. The lowest BCUT2D eigenvalue weighted by Crippen LogP contribution is -2.47. The number of carboxylic acid groups (broad SMARTS) is 1. The van der Waals surface area contributed by atoms with Crippen molar-refractivity contribution in [2.45, 2.75) is 26.7 Å².